The molecule has 0 bridgehead atoms. The number of unbranched alkanes of at least 4 members (excludes halogenated alkanes) is 9. The van der Waals surface area contributed by atoms with Gasteiger partial charge in [-0.05, 0) is 81.3 Å². The van der Waals surface area contributed by atoms with Gasteiger partial charge in [0.05, 0.1) is 0 Å². The summed E-state index contributed by atoms with van der Waals surface area (Å²) in [4.78, 5) is 0. The molecule has 0 heteroatoms. The van der Waals surface area contributed by atoms with Crippen LogP contribution in [-0.2, 0) is 12.8 Å². The normalized spacial score (nSPS) is 11.5. The summed E-state index contributed by atoms with van der Waals surface area (Å²) in [5.74, 6) is 0. The van der Waals surface area contributed by atoms with Crippen LogP contribution in [0.5, 0.6) is 0 Å². The third-order valence-electron chi connectivity index (χ3n) is 7.50. The van der Waals surface area contributed by atoms with Crippen molar-refractivity contribution < 1.29 is 0 Å². The number of rotatable bonds is 14. The summed E-state index contributed by atoms with van der Waals surface area (Å²) < 4.78 is 0. The van der Waals surface area contributed by atoms with E-state index in [0.29, 0.717) is 0 Å². The topological polar surface area (TPSA) is 0 Å². The van der Waals surface area contributed by atoms with E-state index in [2.05, 4.69) is 86.6 Å². The van der Waals surface area contributed by atoms with Gasteiger partial charge in [-0.15, -0.1) is 0 Å². The third-order valence-corrected chi connectivity index (χ3v) is 7.50. The van der Waals surface area contributed by atoms with Crippen molar-refractivity contribution in [2.45, 2.75) is 97.3 Å². The quantitative estimate of drug-likeness (QED) is 0.128. The molecular weight excluding hydrogens is 420 g/mol. The lowest BCUT2D eigenvalue weighted by Gasteiger charge is -2.09. The summed E-state index contributed by atoms with van der Waals surface area (Å²) in [7, 11) is 0. The van der Waals surface area contributed by atoms with Gasteiger partial charge in [-0.3, -0.25) is 0 Å². The smallest absolute Gasteiger partial charge is 0.0171 e. The number of hydrogen-bond acceptors (Lipinski definition) is 0. The molecule has 4 rings (SSSR count). The van der Waals surface area contributed by atoms with Crippen molar-refractivity contribution in [2.75, 3.05) is 0 Å². The molecule has 0 aromatic heterocycles. The Hall–Kier alpha value is -2.60. The Bertz CT molecular complexity index is 1180. The Morgan fingerprint density at radius 3 is 1.57 bits per heavy atom. The fourth-order valence-corrected chi connectivity index (χ4v) is 5.35. The Kier molecular flexibility index (Phi) is 9.82. The predicted molar refractivity (Wildman–Crippen MR) is 156 cm³/mol. The predicted octanol–water partition coefficient (Wildman–Crippen LogP) is 11.1. The molecule has 0 fully saturated rings. The van der Waals surface area contributed by atoms with E-state index in [1.807, 2.05) is 0 Å². The Labute approximate surface area is 213 Å². The molecule has 0 atom stereocenters. The van der Waals surface area contributed by atoms with Crippen LogP contribution < -0.4 is 0 Å². The Morgan fingerprint density at radius 2 is 0.914 bits per heavy atom. The van der Waals surface area contributed by atoms with Gasteiger partial charge in [0.1, 0.15) is 0 Å². The lowest BCUT2D eigenvalue weighted by Crippen LogP contribution is -1.88. The summed E-state index contributed by atoms with van der Waals surface area (Å²) in [5, 5.41) is 5.38. The first kappa shape index (κ1) is 25.5. The average Bonchev–Trinajstić information content (AvgIpc) is 2.89. The molecule has 4 aromatic rings. The zero-order chi connectivity index (χ0) is 24.3. The van der Waals surface area contributed by atoms with Gasteiger partial charge in [0.25, 0.3) is 0 Å². The van der Waals surface area contributed by atoms with E-state index in [0.717, 1.165) is 6.42 Å². The van der Waals surface area contributed by atoms with E-state index >= 15 is 0 Å². The van der Waals surface area contributed by atoms with Crippen LogP contribution in [0.15, 0.2) is 72.8 Å². The van der Waals surface area contributed by atoms with Crippen LogP contribution in [0.2, 0.25) is 0 Å². The van der Waals surface area contributed by atoms with Crippen LogP contribution >= 0.6 is 0 Å². The van der Waals surface area contributed by atoms with Gasteiger partial charge < -0.3 is 0 Å². The molecule has 0 radical (unpaired) electrons. The van der Waals surface area contributed by atoms with E-state index in [-0.39, 0.29) is 0 Å². The van der Waals surface area contributed by atoms with Gasteiger partial charge >= 0.3 is 0 Å². The first-order chi connectivity index (χ1) is 17.3. The van der Waals surface area contributed by atoms with Crippen molar-refractivity contribution in [2.24, 2.45) is 0 Å². The molecule has 4 aromatic carbocycles. The molecule has 0 aliphatic heterocycles. The highest BCUT2D eigenvalue weighted by molar-refractivity contribution is 5.99. The second-order valence-electron chi connectivity index (χ2n) is 10.5. The molecule has 0 heterocycles. The summed E-state index contributed by atoms with van der Waals surface area (Å²) in [5.41, 5.74) is 5.52. The molecule has 0 spiro atoms. The Balaban J connectivity index is 1.33. The zero-order valence-corrected chi connectivity index (χ0v) is 22.1. The van der Waals surface area contributed by atoms with Crippen LogP contribution in [0.4, 0.5) is 0 Å². The van der Waals surface area contributed by atoms with Crippen molar-refractivity contribution in [3.05, 3.63) is 83.9 Å². The summed E-state index contributed by atoms with van der Waals surface area (Å²) in [6, 6.07) is 27.8. The van der Waals surface area contributed by atoms with Crippen molar-refractivity contribution in [3.63, 3.8) is 0 Å². The minimum Gasteiger partial charge on any atom is -0.0654 e. The number of aryl methyl sites for hydroxylation is 2. The van der Waals surface area contributed by atoms with Gasteiger partial charge in [-0.25, -0.2) is 0 Å². The standard InChI is InChI=1S/C35H44/c1-3-5-6-7-8-9-10-11-12-13-15-29-18-21-32-27-35-25-31(22-23-33(35)26-34(32)24-29)30-19-16-28(14-4-2)17-20-30/h16-27H,3-15H2,1-2H3. The van der Waals surface area contributed by atoms with E-state index in [4.69, 9.17) is 0 Å². The summed E-state index contributed by atoms with van der Waals surface area (Å²) in [6.45, 7) is 4.53. The minimum absolute atomic E-state index is 1.16. The lowest BCUT2D eigenvalue weighted by molar-refractivity contribution is 0.556. The molecule has 0 N–H and O–H groups in total. The molecule has 35 heavy (non-hydrogen) atoms. The lowest BCUT2D eigenvalue weighted by atomic mass is 9.96. The van der Waals surface area contributed by atoms with E-state index < -0.39 is 0 Å². The summed E-state index contributed by atoms with van der Waals surface area (Å²) in [6.07, 6.45) is 17.6. The van der Waals surface area contributed by atoms with E-state index in [9.17, 15) is 0 Å². The SMILES string of the molecule is CCCCCCCCCCCCc1ccc2cc3cc(-c4ccc(CCC)cc4)ccc3cc2c1. The first-order valence-electron chi connectivity index (χ1n) is 14.3. The highest BCUT2D eigenvalue weighted by Gasteiger charge is 2.04. The van der Waals surface area contributed by atoms with Crippen LogP contribution in [0.3, 0.4) is 0 Å². The second-order valence-corrected chi connectivity index (χ2v) is 10.5. The van der Waals surface area contributed by atoms with E-state index in [1.165, 1.54) is 121 Å². The van der Waals surface area contributed by atoms with Crippen molar-refractivity contribution in [3.8, 4) is 11.1 Å². The minimum atomic E-state index is 1.16. The van der Waals surface area contributed by atoms with Gasteiger partial charge in [-0.2, -0.15) is 0 Å². The molecule has 0 amide bonds. The molecule has 0 nitrogen and oxygen atoms in total. The van der Waals surface area contributed by atoms with Gasteiger partial charge in [-0.1, -0.05) is 133 Å². The maximum atomic E-state index is 2.42. The molecule has 0 unspecified atom stereocenters. The Morgan fingerprint density at radius 1 is 0.371 bits per heavy atom. The number of hydrogen-bond donors (Lipinski definition) is 0. The van der Waals surface area contributed by atoms with E-state index in [1.54, 1.807) is 0 Å². The van der Waals surface area contributed by atoms with Crippen LogP contribution in [0.25, 0.3) is 32.7 Å². The first-order valence-corrected chi connectivity index (χ1v) is 14.3. The zero-order valence-electron chi connectivity index (χ0n) is 22.1. The van der Waals surface area contributed by atoms with Gasteiger partial charge in [0.2, 0.25) is 0 Å². The van der Waals surface area contributed by atoms with Crippen LogP contribution in [-0.4, -0.2) is 0 Å². The highest BCUT2D eigenvalue weighted by Crippen LogP contribution is 2.29. The molecule has 184 valence electrons. The molecule has 0 aliphatic rings. The van der Waals surface area contributed by atoms with Gasteiger partial charge in [0.15, 0.2) is 0 Å². The maximum absolute atomic E-state index is 2.42. The van der Waals surface area contributed by atoms with Gasteiger partial charge in [0, 0.05) is 0 Å². The third kappa shape index (κ3) is 7.44. The summed E-state index contributed by atoms with van der Waals surface area (Å²) >= 11 is 0. The fraction of sp³-hybridized carbons (Fsp3) is 0.429. The molecule has 0 aliphatic carbocycles. The largest absolute Gasteiger partial charge is 0.0654 e. The van der Waals surface area contributed by atoms with Crippen LogP contribution in [0, 0.1) is 0 Å². The number of fused-ring (bicyclic) bond motifs is 2. The average molecular weight is 465 g/mol. The molecule has 0 saturated heterocycles. The number of benzene rings is 4. The monoisotopic (exact) mass is 464 g/mol. The highest BCUT2D eigenvalue weighted by atomic mass is 14.1. The van der Waals surface area contributed by atoms with Crippen LogP contribution in [0.1, 0.15) is 95.6 Å². The maximum Gasteiger partial charge on any atom is -0.0171 e. The molecule has 0 saturated carbocycles. The second kappa shape index (κ2) is 13.5. The van der Waals surface area contributed by atoms with Crippen molar-refractivity contribution in [1.82, 2.24) is 0 Å². The van der Waals surface area contributed by atoms with Crippen molar-refractivity contribution in [1.29, 1.82) is 0 Å². The molecular formula is C35H44. The fourth-order valence-electron chi connectivity index (χ4n) is 5.35. The van der Waals surface area contributed by atoms with Crippen molar-refractivity contribution >= 4 is 21.5 Å².